The van der Waals surface area contributed by atoms with Gasteiger partial charge in [-0.2, -0.15) is 0 Å². The predicted octanol–water partition coefficient (Wildman–Crippen LogP) is 15.5. The maximum Gasteiger partial charge on any atom is 0.145 e. The number of rotatable bonds is 6. The number of fused-ring (bicyclic) bond motifs is 7. The van der Waals surface area contributed by atoms with Crippen molar-refractivity contribution in [3.8, 4) is 44.5 Å². The Kier molecular flexibility index (Phi) is 7.55. The number of anilines is 3. The van der Waals surface area contributed by atoms with Gasteiger partial charge in [0.05, 0.1) is 11.1 Å². The molecule has 9 aromatic carbocycles. The van der Waals surface area contributed by atoms with E-state index in [1.54, 1.807) is 0 Å². The first-order valence-electron chi connectivity index (χ1n) is 19.8. The lowest BCUT2D eigenvalue weighted by atomic mass is 9.82. The van der Waals surface area contributed by atoms with Crippen LogP contribution in [0, 0.1) is 0 Å². The fourth-order valence-corrected chi connectivity index (χ4v) is 9.12. The van der Waals surface area contributed by atoms with E-state index in [1.807, 2.05) is 0 Å². The standard InChI is InChI=1S/C55H39NO/c1-55(2)49-20-12-11-19-46(49)47-34-48-52(35-50(47)55)57-54-45(42-22-21-38-17-9-10-18-41(38)33-42)31-32-51(53(48)54)56(43-27-23-39(24-28-43)36-13-5-3-6-14-36)44-29-25-40(26-30-44)37-15-7-4-8-16-37/h3-35H,1-2H3. The van der Waals surface area contributed by atoms with Crippen LogP contribution in [0.5, 0.6) is 0 Å². The molecule has 1 heterocycles. The summed E-state index contributed by atoms with van der Waals surface area (Å²) in [7, 11) is 0. The monoisotopic (exact) mass is 729 g/mol. The number of hydrogen-bond acceptors (Lipinski definition) is 2. The molecule has 0 aliphatic heterocycles. The minimum absolute atomic E-state index is 0.143. The average Bonchev–Trinajstić information content (AvgIpc) is 3.76. The quantitative estimate of drug-likeness (QED) is 0.169. The van der Waals surface area contributed by atoms with Crippen molar-refractivity contribution in [2.24, 2.45) is 0 Å². The summed E-state index contributed by atoms with van der Waals surface area (Å²) in [5, 5.41) is 4.64. The summed E-state index contributed by atoms with van der Waals surface area (Å²) in [4.78, 5) is 2.40. The van der Waals surface area contributed by atoms with Crippen molar-refractivity contribution >= 4 is 49.8 Å². The fraction of sp³-hybridized carbons (Fsp3) is 0.0545. The maximum atomic E-state index is 7.16. The first-order chi connectivity index (χ1) is 28.0. The molecule has 270 valence electrons. The highest BCUT2D eigenvalue weighted by molar-refractivity contribution is 6.18. The van der Waals surface area contributed by atoms with E-state index in [1.165, 1.54) is 55.3 Å². The van der Waals surface area contributed by atoms with Gasteiger partial charge < -0.3 is 9.32 Å². The Bertz CT molecular complexity index is 3040. The summed E-state index contributed by atoms with van der Waals surface area (Å²) >= 11 is 0. The smallest absolute Gasteiger partial charge is 0.145 e. The van der Waals surface area contributed by atoms with Crippen LogP contribution < -0.4 is 4.90 Å². The number of nitrogens with zero attached hydrogens (tertiary/aromatic N) is 1. The van der Waals surface area contributed by atoms with Gasteiger partial charge in [-0.25, -0.2) is 0 Å². The highest BCUT2D eigenvalue weighted by Gasteiger charge is 2.36. The van der Waals surface area contributed by atoms with Crippen molar-refractivity contribution in [3.05, 3.63) is 211 Å². The number of benzene rings is 9. The normalized spacial score (nSPS) is 12.9. The molecule has 0 unspecified atom stereocenters. The van der Waals surface area contributed by atoms with E-state index in [2.05, 4.69) is 219 Å². The summed E-state index contributed by atoms with van der Waals surface area (Å²) in [6.07, 6.45) is 0. The zero-order valence-electron chi connectivity index (χ0n) is 31.9. The Morgan fingerprint density at radius 2 is 0.965 bits per heavy atom. The Balaban J connectivity index is 1.18. The third kappa shape index (κ3) is 5.40. The van der Waals surface area contributed by atoms with Crippen LogP contribution in [0.1, 0.15) is 25.0 Å². The van der Waals surface area contributed by atoms with E-state index < -0.39 is 0 Å². The average molecular weight is 730 g/mol. The SMILES string of the molecule is CC1(C)c2ccccc2-c2cc3c(cc21)oc1c(-c2ccc4ccccc4c2)ccc(N(c2ccc(-c4ccccc4)cc2)c2ccc(-c4ccccc4)cc2)c13. The van der Waals surface area contributed by atoms with Crippen molar-refractivity contribution in [1.29, 1.82) is 0 Å². The van der Waals surface area contributed by atoms with E-state index in [0.29, 0.717) is 0 Å². The largest absolute Gasteiger partial charge is 0.455 e. The molecule has 0 radical (unpaired) electrons. The minimum Gasteiger partial charge on any atom is -0.455 e. The van der Waals surface area contributed by atoms with Gasteiger partial charge in [0.1, 0.15) is 11.2 Å². The van der Waals surface area contributed by atoms with Crippen molar-refractivity contribution < 1.29 is 4.42 Å². The Morgan fingerprint density at radius 3 is 1.63 bits per heavy atom. The van der Waals surface area contributed by atoms with Crippen LogP contribution in [0.25, 0.3) is 77.2 Å². The van der Waals surface area contributed by atoms with Gasteiger partial charge in [0.25, 0.3) is 0 Å². The zero-order valence-corrected chi connectivity index (χ0v) is 31.9. The van der Waals surface area contributed by atoms with E-state index >= 15 is 0 Å². The van der Waals surface area contributed by atoms with Gasteiger partial charge in [-0.05, 0) is 115 Å². The van der Waals surface area contributed by atoms with Crippen LogP contribution in [0.4, 0.5) is 17.1 Å². The Hall–Kier alpha value is -7.16. The molecule has 0 bridgehead atoms. The topological polar surface area (TPSA) is 16.4 Å². The van der Waals surface area contributed by atoms with Crippen molar-refractivity contribution in [3.63, 3.8) is 0 Å². The van der Waals surface area contributed by atoms with Gasteiger partial charge in [0.15, 0.2) is 0 Å². The summed E-state index contributed by atoms with van der Waals surface area (Å²) < 4.78 is 7.16. The van der Waals surface area contributed by atoms with Crippen LogP contribution in [0.15, 0.2) is 205 Å². The molecule has 10 aromatic rings. The maximum absolute atomic E-state index is 7.16. The molecule has 0 atom stereocenters. The molecule has 1 aliphatic carbocycles. The molecule has 2 heteroatoms. The minimum atomic E-state index is -0.143. The van der Waals surface area contributed by atoms with Gasteiger partial charge in [-0.1, -0.05) is 159 Å². The van der Waals surface area contributed by atoms with E-state index in [-0.39, 0.29) is 5.41 Å². The molecule has 2 nitrogen and oxygen atoms in total. The third-order valence-corrected chi connectivity index (χ3v) is 12.1. The van der Waals surface area contributed by atoms with Crippen LogP contribution in [0.3, 0.4) is 0 Å². The van der Waals surface area contributed by atoms with Gasteiger partial charge in [0.2, 0.25) is 0 Å². The van der Waals surface area contributed by atoms with E-state index in [4.69, 9.17) is 4.42 Å². The molecule has 57 heavy (non-hydrogen) atoms. The second-order valence-corrected chi connectivity index (χ2v) is 15.7. The summed E-state index contributed by atoms with van der Waals surface area (Å²) in [6.45, 7) is 4.66. The first kappa shape index (κ1) is 33.2. The third-order valence-electron chi connectivity index (χ3n) is 12.1. The Morgan fingerprint density at radius 1 is 0.404 bits per heavy atom. The lowest BCUT2D eigenvalue weighted by molar-refractivity contribution is 0.648. The van der Waals surface area contributed by atoms with Crippen molar-refractivity contribution in [2.45, 2.75) is 19.3 Å². The van der Waals surface area contributed by atoms with Crippen molar-refractivity contribution in [1.82, 2.24) is 0 Å². The van der Waals surface area contributed by atoms with Crippen LogP contribution in [-0.4, -0.2) is 0 Å². The predicted molar refractivity (Wildman–Crippen MR) is 240 cm³/mol. The first-order valence-corrected chi connectivity index (χ1v) is 19.8. The molecule has 0 saturated heterocycles. The molecule has 0 spiro atoms. The van der Waals surface area contributed by atoms with Crippen LogP contribution >= 0.6 is 0 Å². The highest BCUT2D eigenvalue weighted by Crippen LogP contribution is 2.53. The zero-order chi connectivity index (χ0) is 38.1. The molecule has 0 N–H and O–H groups in total. The molecule has 0 fully saturated rings. The second kappa shape index (κ2) is 13.0. The van der Waals surface area contributed by atoms with E-state index in [0.717, 1.165) is 50.1 Å². The lowest BCUT2D eigenvalue weighted by Crippen LogP contribution is -2.14. The van der Waals surface area contributed by atoms with Crippen LogP contribution in [0.2, 0.25) is 0 Å². The molecule has 0 amide bonds. The molecule has 0 saturated carbocycles. The van der Waals surface area contributed by atoms with Gasteiger partial charge in [-0.15, -0.1) is 0 Å². The van der Waals surface area contributed by atoms with Gasteiger partial charge in [0, 0.05) is 27.7 Å². The number of hydrogen-bond donors (Lipinski definition) is 0. The molecular formula is C55H39NO. The fourth-order valence-electron chi connectivity index (χ4n) is 9.12. The summed E-state index contributed by atoms with van der Waals surface area (Å²) in [5.41, 5.74) is 17.1. The van der Waals surface area contributed by atoms with Gasteiger partial charge in [-0.3, -0.25) is 0 Å². The highest BCUT2D eigenvalue weighted by atomic mass is 16.3. The lowest BCUT2D eigenvalue weighted by Gasteiger charge is -2.27. The van der Waals surface area contributed by atoms with Crippen LogP contribution in [-0.2, 0) is 5.41 Å². The Labute approximate surface area is 332 Å². The second-order valence-electron chi connectivity index (χ2n) is 15.7. The van der Waals surface area contributed by atoms with Gasteiger partial charge >= 0.3 is 0 Å². The van der Waals surface area contributed by atoms with Crippen molar-refractivity contribution in [2.75, 3.05) is 4.90 Å². The molecule has 11 rings (SSSR count). The number of furan rings is 1. The summed E-state index contributed by atoms with van der Waals surface area (Å²) in [6, 6.07) is 72.5. The van der Waals surface area contributed by atoms with E-state index in [9.17, 15) is 0 Å². The molecular weight excluding hydrogens is 691 g/mol. The summed E-state index contributed by atoms with van der Waals surface area (Å²) in [5.74, 6) is 0. The molecule has 1 aromatic heterocycles. The molecule has 1 aliphatic rings.